The van der Waals surface area contributed by atoms with Gasteiger partial charge in [0.2, 0.25) is 0 Å². The number of fused-ring (bicyclic) bond motifs is 4. The van der Waals surface area contributed by atoms with Crippen molar-refractivity contribution >= 4 is 42.8 Å². The maximum atomic E-state index is 12.6. The van der Waals surface area contributed by atoms with Crippen LogP contribution in [0, 0.1) is 0 Å². The van der Waals surface area contributed by atoms with E-state index < -0.39 is 21.4 Å². The van der Waals surface area contributed by atoms with E-state index in [1.807, 2.05) is 12.1 Å². The van der Waals surface area contributed by atoms with Crippen molar-refractivity contribution in [3.05, 3.63) is 54.6 Å². The second-order valence-corrected chi connectivity index (χ2v) is 6.94. The summed E-state index contributed by atoms with van der Waals surface area (Å²) < 4.78 is 70.3. The zero-order valence-electron chi connectivity index (χ0n) is 12.4. The highest BCUT2D eigenvalue weighted by atomic mass is 32.2. The van der Waals surface area contributed by atoms with Crippen molar-refractivity contribution < 1.29 is 30.2 Å². The third-order valence-corrected chi connectivity index (χ3v) is 4.79. The predicted molar refractivity (Wildman–Crippen MR) is 86.8 cm³/mol. The molecule has 0 saturated carbocycles. The van der Waals surface area contributed by atoms with Gasteiger partial charge in [-0.2, -0.15) is 21.6 Å². The lowest BCUT2D eigenvalue weighted by atomic mass is 10.1. The van der Waals surface area contributed by atoms with Gasteiger partial charge in [-0.3, -0.25) is 0 Å². The topological polar surface area (TPSA) is 56.5 Å². The van der Waals surface area contributed by atoms with Crippen LogP contribution in [-0.4, -0.2) is 13.9 Å². The molecule has 4 rings (SSSR count). The fourth-order valence-electron chi connectivity index (χ4n) is 2.71. The van der Waals surface area contributed by atoms with Gasteiger partial charge in [-0.25, -0.2) is 0 Å². The summed E-state index contributed by atoms with van der Waals surface area (Å²) in [5.74, 6) is -0.405. The minimum absolute atomic E-state index is 0.210. The molecule has 0 atom stereocenters. The van der Waals surface area contributed by atoms with Crippen LogP contribution in [0.25, 0.3) is 32.7 Å². The van der Waals surface area contributed by atoms with Crippen LogP contribution in [0.1, 0.15) is 0 Å². The van der Waals surface area contributed by atoms with E-state index in [1.165, 1.54) is 18.2 Å². The van der Waals surface area contributed by atoms with Gasteiger partial charge < -0.3 is 8.60 Å². The fraction of sp³-hybridized carbons (Fsp3) is 0.0588. The van der Waals surface area contributed by atoms with Crippen LogP contribution in [0.5, 0.6) is 5.75 Å². The number of para-hydroxylation sites is 1. The SMILES string of the molecule is O=S(=O)(Oc1cccc2cc3c(cc12)oc1ccccc13)C(F)(F)F. The molecular weight excluding hydrogens is 357 g/mol. The van der Waals surface area contributed by atoms with Crippen LogP contribution in [0.3, 0.4) is 0 Å². The quantitative estimate of drug-likeness (QED) is 0.371. The average molecular weight is 366 g/mol. The highest BCUT2D eigenvalue weighted by molar-refractivity contribution is 7.88. The Balaban J connectivity index is 1.96. The maximum Gasteiger partial charge on any atom is 0.534 e. The summed E-state index contributed by atoms with van der Waals surface area (Å²) in [6, 6.07) is 14.7. The first-order chi connectivity index (χ1) is 11.8. The molecule has 0 spiro atoms. The van der Waals surface area contributed by atoms with Crippen molar-refractivity contribution in [2.75, 3.05) is 0 Å². The van der Waals surface area contributed by atoms with E-state index in [9.17, 15) is 21.6 Å². The molecule has 4 aromatic rings. The van der Waals surface area contributed by atoms with Crippen molar-refractivity contribution in [3.8, 4) is 5.75 Å². The Labute approximate surface area is 139 Å². The van der Waals surface area contributed by atoms with Crippen LogP contribution >= 0.6 is 0 Å². The first kappa shape index (κ1) is 15.8. The minimum Gasteiger partial charge on any atom is -0.456 e. The van der Waals surface area contributed by atoms with E-state index in [2.05, 4.69) is 4.18 Å². The molecule has 0 fully saturated rings. The summed E-state index contributed by atoms with van der Waals surface area (Å²) in [6.45, 7) is 0. The Kier molecular flexibility index (Phi) is 3.23. The van der Waals surface area contributed by atoms with E-state index >= 15 is 0 Å². The van der Waals surface area contributed by atoms with Gasteiger partial charge in [0.25, 0.3) is 0 Å². The number of rotatable bonds is 2. The molecule has 0 aliphatic heterocycles. The van der Waals surface area contributed by atoms with Crippen LogP contribution < -0.4 is 4.18 Å². The van der Waals surface area contributed by atoms with E-state index in [-0.39, 0.29) is 5.39 Å². The van der Waals surface area contributed by atoms with Crippen molar-refractivity contribution in [1.29, 1.82) is 0 Å². The first-order valence-corrected chi connectivity index (χ1v) is 8.52. The van der Waals surface area contributed by atoms with Gasteiger partial charge in [-0.15, -0.1) is 0 Å². The van der Waals surface area contributed by atoms with Crippen molar-refractivity contribution in [1.82, 2.24) is 0 Å². The minimum atomic E-state index is -5.75. The highest BCUT2D eigenvalue weighted by Crippen LogP contribution is 2.37. The zero-order valence-corrected chi connectivity index (χ0v) is 13.2. The summed E-state index contributed by atoms with van der Waals surface area (Å²) in [4.78, 5) is 0. The van der Waals surface area contributed by atoms with Crippen LogP contribution in [0.4, 0.5) is 13.2 Å². The molecule has 25 heavy (non-hydrogen) atoms. The molecule has 0 unspecified atom stereocenters. The summed E-state index contributed by atoms with van der Waals surface area (Å²) in [7, 11) is -5.75. The highest BCUT2D eigenvalue weighted by Gasteiger charge is 2.48. The Morgan fingerprint density at radius 2 is 1.60 bits per heavy atom. The Morgan fingerprint density at radius 1 is 0.840 bits per heavy atom. The van der Waals surface area contributed by atoms with Gasteiger partial charge in [-0.05, 0) is 29.7 Å². The summed E-state index contributed by atoms with van der Waals surface area (Å²) in [5.41, 5.74) is -4.45. The molecule has 0 bridgehead atoms. The van der Waals surface area contributed by atoms with Crippen LogP contribution in [0.2, 0.25) is 0 Å². The lowest BCUT2D eigenvalue weighted by Crippen LogP contribution is -2.28. The molecule has 0 N–H and O–H groups in total. The number of hydrogen-bond donors (Lipinski definition) is 0. The van der Waals surface area contributed by atoms with Crippen LogP contribution in [-0.2, 0) is 10.1 Å². The van der Waals surface area contributed by atoms with Gasteiger partial charge in [0.05, 0.1) is 0 Å². The Hall–Kier alpha value is -2.74. The average Bonchev–Trinajstić information content (AvgIpc) is 2.90. The normalized spacial score (nSPS) is 12.9. The largest absolute Gasteiger partial charge is 0.534 e. The first-order valence-electron chi connectivity index (χ1n) is 7.11. The summed E-state index contributed by atoms with van der Waals surface area (Å²) in [5, 5.41) is 2.38. The van der Waals surface area contributed by atoms with Crippen molar-refractivity contribution in [3.63, 3.8) is 0 Å². The fourth-order valence-corrected chi connectivity index (χ4v) is 3.18. The zero-order chi connectivity index (χ0) is 17.8. The number of alkyl halides is 3. The molecule has 4 nitrogen and oxygen atoms in total. The van der Waals surface area contributed by atoms with E-state index in [1.54, 1.807) is 24.3 Å². The third-order valence-electron chi connectivity index (χ3n) is 3.82. The molecular formula is C17H9F3O4S. The van der Waals surface area contributed by atoms with Gasteiger partial charge in [0.15, 0.2) is 5.75 Å². The molecule has 3 aromatic carbocycles. The molecule has 128 valence electrons. The molecule has 1 aromatic heterocycles. The van der Waals surface area contributed by atoms with Gasteiger partial charge in [0, 0.05) is 16.2 Å². The second kappa shape index (κ2) is 5.13. The third kappa shape index (κ3) is 2.49. The van der Waals surface area contributed by atoms with Gasteiger partial charge >= 0.3 is 15.6 Å². The number of halogens is 3. The van der Waals surface area contributed by atoms with E-state index in [0.29, 0.717) is 16.6 Å². The van der Waals surface area contributed by atoms with Crippen LogP contribution in [0.15, 0.2) is 59.0 Å². The number of benzene rings is 3. The van der Waals surface area contributed by atoms with E-state index in [0.717, 1.165) is 10.8 Å². The summed E-state index contributed by atoms with van der Waals surface area (Å²) >= 11 is 0. The van der Waals surface area contributed by atoms with Crippen molar-refractivity contribution in [2.45, 2.75) is 5.51 Å². The molecule has 1 heterocycles. The molecule has 0 amide bonds. The van der Waals surface area contributed by atoms with Gasteiger partial charge in [-0.1, -0.05) is 30.3 Å². The standard InChI is InChI=1S/C17H9F3O4S/c18-17(19,20)25(21,22)24-15-7-3-4-10-8-13-11-5-1-2-6-14(11)23-16(13)9-12(10)15/h1-9H. The molecule has 0 aliphatic carbocycles. The molecule has 8 heteroatoms. The number of furan rings is 1. The monoisotopic (exact) mass is 366 g/mol. The molecule has 0 radical (unpaired) electrons. The predicted octanol–water partition coefficient (Wildman–Crippen LogP) is 4.97. The smallest absolute Gasteiger partial charge is 0.456 e. The van der Waals surface area contributed by atoms with Gasteiger partial charge in [0.1, 0.15) is 11.2 Å². The lowest BCUT2D eigenvalue weighted by molar-refractivity contribution is -0.0499. The summed E-state index contributed by atoms with van der Waals surface area (Å²) in [6.07, 6.45) is 0. The maximum absolute atomic E-state index is 12.6. The van der Waals surface area contributed by atoms with Crippen molar-refractivity contribution in [2.24, 2.45) is 0 Å². The molecule has 0 saturated heterocycles. The molecule has 0 aliphatic rings. The Bertz CT molecular complexity index is 1220. The lowest BCUT2D eigenvalue weighted by Gasteiger charge is -2.11. The second-order valence-electron chi connectivity index (χ2n) is 5.41. The number of hydrogen-bond acceptors (Lipinski definition) is 4. The Morgan fingerprint density at radius 3 is 2.36 bits per heavy atom. The van der Waals surface area contributed by atoms with E-state index in [4.69, 9.17) is 4.42 Å².